The Morgan fingerprint density at radius 1 is 1.00 bits per heavy atom. The van der Waals surface area contributed by atoms with E-state index in [1.165, 1.54) is 0 Å². The predicted octanol–water partition coefficient (Wildman–Crippen LogP) is 3.98. The summed E-state index contributed by atoms with van der Waals surface area (Å²) in [6.45, 7) is 5.78. The Kier molecular flexibility index (Phi) is 4.47. The molecule has 1 atom stereocenters. The fourth-order valence-corrected chi connectivity index (χ4v) is 2.89. The minimum absolute atomic E-state index is 0.0578. The van der Waals surface area contributed by atoms with Gasteiger partial charge in [-0.05, 0) is 38.5 Å². The summed E-state index contributed by atoms with van der Waals surface area (Å²) in [4.78, 5) is 12.8. The number of aromatic nitrogens is 2. The van der Waals surface area contributed by atoms with Crippen LogP contribution in [0.3, 0.4) is 0 Å². The van der Waals surface area contributed by atoms with Gasteiger partial charge in [0, 0.05) is 0 Å². The smallest absolute Gasteiger partial charge is 0.255 e. The van der Waals surface area contributed by atoms with Crippen LogP contribution in [0.2, 0.25) is 0 Å². The highest BCUT2D eigenvalue weighted by atomic mass is 16.1. The number of carbonyl (C=O) groups is 1. The molecular weight excluding hydrogens is 298 g/mol. The molecule has 0 unspecified atom stereocenters. The van der Waals surface area contributed by atoms with Gasteiger partial charge in [-0.15, -0.1) is 0 Å². The van der Waals surface area contributed by atoms with Crippen molar-refractivity contribution >= 4 is 5.91 Å². The van der Waals surface area contributed by atoms with Crippen LogP contribution in [0.1, 0.15) is 40.3 Å². The number of amides is 1. The molecule has 4 heteroatoms. The minimum atomic E-state index is -0.0939. The van der Waals surface area contributed by atoms with Crippen molar-refractivity contribution in [2.24, 2.45) is 0 Å². The quantitative estimate of drug-likeness (QED) is 0.790. The van der Waals surface area contributed by atoms with Crippen LogP contribution < -0.4 is 5.32 Å². The zero-order chi connectivity index (χ0) is 17.1. The maximum Gasteiger partial charge on any atom is 0.255 e. The van der Waals surface area contributed by atoms with Crippen molar-refractivity contribution in [2.45, 2.75) is 26.8 Å². The van der Waals surface area contributed by atoms with E-state index in [0.717, 1.165) is 22.6 Å². The van der Waals surface area contributed by atoms with Crippen molar-refractivity contribution in [3.63, 3.8) is 0 Å². The van der Waals surface area contributed by atoms with Gasteiger partial charge in [0.05, 0.1) is 28.7 Å². The van der Waals surface area contributed by atoms with Gasteiger partial charge in [0.25, 0.3) is 5.91 Å². The summed E-state index contributed by atoms with van der Waals surface area (Å²) < 4.78 is 1.82. The molecule has 0 saturated heterocycles. The molecule has 1 heterocycles. The van der Waals surface area contributed by atoms with Crippen molar-refractivity contribution in [1.29, 1.82) is 0 Å². The second kappa shape index (κ2) is 6.71. The predicted molar refractivity (Wildman–Crippen MR) is 95.4 cm³/mol. The number of hydrogen-bond acceptors (Lipinski definition) is 2. The summed E-state index contributed by atoms with van der Waals surface area (Å²) in [6.07, 6.45) is 0. The first-order valence-corrected chi connectivity index (χ1v) is 8.05. The molecule has 4 nitrogen and oxygen atoms in total. The van der Waals surface area contributed by atoms with Gasteiger partial charge in [-0.2, -0.15) is 5.10 Å². The standard InChI is InChI=1S/C20H21N3O/c1-14(17-10-6-4-7-11-17)21-20(24)19-15(2)22-23(16(19)3)18-12-8-5-9-13-18/h4-14H,1-3H3,(H,21,24)/t14-/m0/s1. The van der Waals surface area contributed by atoms with Crippen LogP contribution in [0.15, 0.2) is 60.7 Å². The summed E-state index contributed by atoms with van der Waals surface area (Å²) in [5.41, 5.74) is 4.25. The number of nitrogens with one attached hydrogen (secondary N) is 1. The monoisotopic (exact) mass is 319 g/mol. The van der Waals surface area contributed by atoms with Gasteiger partial charge in [-0.3, -0.25) is 4.79 Å². The Balaban J connectivity index is 1.87. The lowest BCUT2D eigenvalue weighted by Gasteiger charge is -2.14. The maximum absolute atomic E-state index is 12.8. The largest absolute Gasteiger partial charge is 0.345 e. The number of nitrogens with zero attached hydrogens (tertiary/aromatic N) is 2. The molecule has 0 fully saturated rings. The molecular formula is C20H21N3O. The van der Waals surface area contributed by atoms with Crippen LogP contribution in [0.4, 0.5) is 0 Å². The van der Waals surface area contributed by atoms with E-state index < -0.39 is 0 Å². The van der Waals surface area contributed by atoms with Crippen LogP contribution in [-0.4, -0.2) is 15.7 Å². The average Bonchev–Trinajstić information content (AvgIpc) is 2.91. The summed E-state index contributed by atoms with van der Waals surface area (Å²) in [5.74, 6) is -0.0939. The normalized spacial score (nSPS) is 12.0. The summed E-state index contributed by atoms with van der Waals surface area (Å²) >= 11 is 0. The van der Waals surface area contributed by atoms with Crippen molar-refractivity contribution in [2.75, 3.05) is 0 Å². The van der Waals surface area contributed by atoms with Crippen molar-refractivity contribution in [3.05, 3.63) is 83.2 Å². The van der Waals surface area contributed by atoms with E-state index in [2.05, 4.69) is 10.4 Å². The van der Waals surface area contributed by atoms with Crippen LogP contribution in [0.25, 0.3) is 5.69 Å². The Bertz CT molecular complexity index is 838. The number of benzene rings is 2. The zero-order valence-electron chi connectivity index (χ0n) is 14.2. The lowest BCUT2D eigenvalue weighted by Crippen LogP contribution is -2.27. The first-order valence-electron chi connectivity index (χ1n) is 8.05. The molecule has 1 aromatic heterocycles. The second-order valence-electron chi connectivity index (χ2n) is 5.90. The molecule has 24 heavy (non-hydrogen) atoms. The lowest BCUT2D eigenvalue weighted by molar-refractivity contribution is 0.0938. The highest BCUT2D eigenvalue weighted by Crippen LogP contribution is 2.19. The van der Waals surface area contributed by atoms with E-state index in [9.17, 15) is 4.79 Å². The van der Waals surface area contributed by atoms with E-state index in [-0.39, 0.29) is 11.9 Å². The fourth-order valence-electron chi connectivity index (χ4n) is 2.89. The molecule has 0 radical (unpaired) electrons. The first-order chi connectivity index (χ1) is 11.6. The molecule has 0 aliphatic heterocycles. The van der Waals surface area contributed by atoms with E-state index in [1.54, 1.807) is 0 Å². The van der Waals surface area contributed by atoms with Crippen LogP contribution in [-0.2, 0) is 0 Å². The molecule has 1 N–H and O–H groups in total. The van der Waals surface area contributed by atoms with Crippen molar-refractivity contribution in [3.8, 4) is 5.69 Å². The van der Waals surface area contributed by atoms with Gasteiger partial charge in [0.15, 0.2) is 0 Å². The molecule has 2 aromatic carbocycles. The molecule has 0 aliphatic carbocycles. The van der Waals surface area contributed by atoms with Gasteiger partial charge in [0.1, 0.15) is 0 Å². The van der Waals surface area contributed by atoms with E-state index >= 15 is 0 Å². The third-order valence-electron chi connectivity index (χ3n) is 4.17. The van der Waals surface area contributed by atoms with Gasteiger partial charge in [0.2, 0.25) is 0 Å². The summed E-state index contributed by atoms with van der Waals surface area (Å²) in [7, 11) is 0. The van der Waals surface area contributed by atoms with Crippen LogP contribution in [0.5, 0.6) is 0 Å². The van der Waals surface area contributed by atoms with E-state index in [0.29, 0.717) is 5.56 Å². The highest BCUT2D eigenvalue weighted by molar-refractivity contribution is 5.96. The van der Waals surface area contributed by atoms with Gasteiger partial charge in [-0.1, -0.05) is 48.5 Å². The Labute approximate surface area is 142 Å². The van der Waals surface area contributed by atoms with Gasteiger partial charge >= 0.3 is 0 Å². The third kappa shape index (κ3) is 3.08. The number of carbonyl (C=O) groups excluding carboxylic acids is 1. The zero-order valence-corrected chi connectivity index (χ0v) is 14.2. The maximum atomic E-state index is 12.8. The molecule has 0 saturated carbocycles. The van der Waals surface area contributed by atoms with Crippen molar-refractivity contribution in [1.82, 2.24) is 15.1 Å². The number of hydrogen-bond donors (Lipinski definition) is 1. The highest BCUT2D eigenvalue weighted by Gasteiger charge is 2.21. The summed E-state index contributed by atoms with van der Waals surface area (Å²) in [6, 6.07) is 19.7. The Morgan fingerprint density at radius 2 is 1.58 bits per heavy atom. The molecule has 3 rings (SSSR count). The van der Waals surface area contributed by atoms with E-state index in [4.69, 9.17) is 0 Å². The molecule has 0 aliphatic rings. The van der Waals surface area contributed by atoms with Gasteiger partial charge < -0.3 is 5.32 Å². The van der Waals surface area contributed by atoms with Crippen LogP contribution >= 0.6 is 0 Å². The molecule has 0 bridgehead atoms. The Morgan fingerprint density at radius 3 is 2.21 bits per heavy atom. The lowest BCUT2D eigenvalue weighted by atomic mass is 10.1. The summed E-state index contributed by atoms with van der Waals surface area (Å²) in [5, 5.41) is 7.60. The topological polar surface area (TPSA) is 46.9 Å². The second-order valence-corrected chi connectivity index (χ2v) is 5.90. The molecule has 3 aromatic rings. The van der Waals surface area contributed by atoms with Gasteiger partial charge in [-0.25, -0.2) is 4.68 Å². The minimum Gasteiger partial charge on any atom is -0.345 e. The number of rotatable bonds is 4. The fraction of sp³-hybridized carbons (Fsp3) is 0.200. The number of aryl methyl sites for hydroxylation is 1. The third-order valence-corrected chi connectivity index (χ3v) is 4.17. The van der Waals surface area contributed by atoms with Crippen molar-refractivity contribution < 1.29 is 4.79 Å². The molecule has 1 amide bonds. The van der Waals surface area contributed by atoms with E-state index in [1.807, 2.05) is 86.1 Å². The Hall–Kier alpha value is -2.88. The van der Waals surface area contributed by atoms with Crippen LogP contribution in [0, 0.1) is 13.8 Å². The average molecular weight is 319 g/mol. The molecule has 122 valence electrons. The number of para-hydroxylation sites is 1. The molecule has 0 spiro atoms. The SMILES string of the molecule is Cc1nn(-c2ccccc2)c(C)c1C(=O)N[C@@H](C)c1ccccc1. The first kappa shape index (κ1) is 16.0.